The zero-order valence-corrected chi connectivity index (χ0v) is 17.7. The first-order valence-corrected chi connectivity index (χ1v) is 11.6. The van der Waals surface area contributed by atoms with Gasteiger partial charge >= 0.3 is 6.03 Å². The largest absolute Gasteiger partial charge is 0.371 e. The summed E-state index contributed by atoms with van der Waals surface area (Å²) in [6.45, 7) is 4.87. The fourth-order valence-corrected chi connectivity index (χ4v) is 6.81. The van der Waals surface area contributed by atoms with Crippen LogP contribution in [-0.4, -0.2) is 37.4 Å². The van der Waals surface area contributed by atoms with E-state index >= 15 is 0 Å². The van der Waals surface area contributed by atoms with Crippen LogP contribution in [0.1, 0.15) is 58.3 Å². The number of nitrogens with one attached hydrogen (secondary N) is 2. The van der Waals surface area contributed by atoms with Crippen molar-refractivity contribution in [1.29, 1.82) is 0 Å². The van der Waals surface area contributed by atoms with Gasteiger partial charge in [-0.2, -0.15) is 0 Å². The molecular weight excluding hydrogens is 362 g/mol. The summed E-state index contributed by atoms with van der Waals surface area (Å²) in [5.41, 5.74) is 2.14. The Kier molecular flexibility index (Phi) is 5.19. The zero-order chi connectivity index (χ0) is 19.8. The molecule has 158 valence electrons. The Morgan fingerprint density at radius 1 is 1.14 bits per heavy atom. The molecule has 1 aliphatic heterocycles. The van der Waals surface area contributed by atoms with Gasteiger partial charge in [0.2, 0.25) is 0 Å². The SMILES string of the molecule is CC(CNC(=O)Nc1cccc(N2CCCC2)c1)OC12CC3CC(CC(C3)C1)C2. The molecule has 1 unspecified atom stereocenters. The quantitative estimate of drug-likeness (QED) is 0.726. The molecule has 1 heterocycles. The normalized spacial score (nSPS) is 33.7. The van der Waals surface area contributed by atoms with E-state index in [2.05, 4.69) is 34.6 Å². The molecular formula is C24H35N3O2. The van der Waals surface area contributed by atoms with Crippen LogP contribution in [0.5, 0.6) is 0 Å². The molecule has 5 aliphatic rings. The van der Waals surface area contributed by atoms with Crippen LogP contribution in [-0.2, 0) is 4.74 Å². The first-order chi connectivity index (χ1) is 14.1. The van der Waals surface area contributed by atoms with Crippen molar-refractivity contribution in [1.82, 2.24) is 5.32 Å². The van der Waals surface area contributed by atoms with Gasteiger partial charge < -0.3 is 20.3 Å². The van der Waals surface area contributed by atoms with Crippen molar-refractivity contribution in [2.45, 2.75) is 70.0 Å². The first kappa shape index (κ1) is 19.2. The predicted molar refractivity (Wildman–Crippen MR) is 116 cm³/mol. The second-order valence-electron chi connectivity index (χ2n) is 10.1. The third-order valence-corrected chi connectivity index (χ3v) is 7.56. The van der Waals surface area contributed by atoms with E-state index in [1.54, 1.807) is 0 Å². The molecule has 5 fully saturated rings. The van der Waals surface area contributed by atoms with Gasteiger partial charge in [-0.25, -0.2) is 4.79 Å². The maximum absolute atomic E-state index is 12.4. The van der Waals surface area contributed by atoms with Gasteiger partial charge in [-0.1, -0.05) is 6.07 Å². The maximum Gasteiger partial charge on any atom is 0.319 e. The Labute approximate surface area is 174 Å². The number of hydrogen-bond acceptors (Lipinski definition) is 3. The summed E-state index contributed by atoms with van der Waals surface area (Å²) < 4.78 is 6.59. The molecule has 0 spiro atoms. The molecule has 6 rings (SSSR count). The lowest BCUT2D eigenvalue weighted by Gasteiger charge is -2.57. The van der Waals surface area contributed by atoms with E-state index in [1.165, 1.54) is 57.1 Å². The molecule has 1 aromatic rings. The average molecular weight is 398 g/mol. The molecule has 0 aromatic heterocycles. The summed E-state index contributed by atoms with van der Waals surface area (Å²) in [5, 5.41) is 6.00. The van der Waals surface area contributed by atoms with E-state index in [-0.39, 0.29) is 17.7 Å². The molecule has 4 saturated carbocycles. The van der Waals surface area contributed by atoms with Crippen LogP contribution in [0, 0.1) is 17.8 Å². The minimum atomic E-state index is -0.149. The van der Waals surface area contributed by atoms with E-state index in [9.17, 15) is 4.79 Å². The number of hydrogen-bond donors (Lipinski definition) is 2. The monoisotopic (exact) mass is 397 g/mol. The number of urea groups is 1. The summed E-state index contributed by atoms with van der Waals surface area (Å²) >= 11 is 0. The van der Waals surface area contributed by atoms with Crippen molar-refractivity contribution in [3.8, 4) is 0 Å². The van der Waals surface area contributed by atoms with Crippen molar-refractivity contribution in [3.63, 3.8) is 0 Å². The van der Waals surface area contributed by atoms with Crippen LogP contribution in [0.3, 0.4) is 0 Å². The highest BCUT2D eigenvalue weighted by molar-refractivity contribution is 5.89. The van der Waals surface area contributed by atoms with Gasteiger partial charge in [-0.15, -0.1) is 0 Å². The van der Waals surface area contributed by atoms with E-state index in [4.69, 9.17) is 4.74 Å². The molecule has 29 heavy (non-hydrogen) atoms. The number of carbonyl (C=O) groups is 1. The predicted octanol–water partition coefficient (Wildman–Crippen LogP) is 4.78. The lowest BCUT2D eigenvalue weighted by Crippen LogP contribution is -2.54. The number of amides is 2. The lowest BCUT2D eigenvalue weighted by atomic mass is 9.54. The van der Waals surface area contributed by atoms with Crippen molar-refractivity contribution < 1.29 is 9.53 Å². The van der Waals surface area contributed by atoms with E-state index < -0.39 is 0 Å². The van der Waals surface area contributed by atoms with Crippen LogP contribution in [0.15, 0.2) is 24.3 Å². The number of nitrogens with zero attached hydrogens (tertiary/aromatic N) is 1. The van der Waals surface area contributed by atoms with Crippen molar-refractivity contribution >= 4 is 17.4 Å². The van der Waals surface area contributed by atoms with Gasteiger partial charge in [0.25, 0.3) is 0 Å². The lowest BCUT2D eigenvalue weighted by molar-refractivity contribution is -0.182. The van der Waals surface area contributed by atoms with Crippen LogP contribution in [0.2, 0.25) is 0 Å². The van der Waals surface area contributed by atoms with Crippen LogP contribution >= 0.6 is 0 Å². The molecule has 1 atom stereocenters. The minimum Gasteiger partial charge on any atom is -0.371 e. The second kappa shape index (κ2) is 7.82. The Morgan fingerprint density at radius 3 is 2.45 bits per heavy atom. The topological polar surface area (TPSA) is 53.6 Å². The van der Waals surface area contributed by atoms with Gasteiger partial charge in [0.1, 0.15) is 0 Å². The maximum atomic E-state index is 12.4. The Morgan fingerprint density at radius 2 is 1.79 bits per heavy atom. The number of benzene rings is 1. The fraction of sp³-hybridized carbons (Fsp3) is 0.708. The third kappa shape index (κ3) is 4.25. The van der Waals surface area contributed by atoms with Gasteiger partial charge in [0, 0.05) is 31.0 Å². The molecule has 1 saturated heterocycles. The van der Waals surface area contributed by atoms with E-state index in [1.807, 2.05) is 12.1 Å². The second-order valence-corrected chi connectivity index (χ2v) is 10.1. The summed E-state index contributed by atoms with van der Waals surface area (Å²) in [7, 11) is 0. The van der Waals surface area contributed by atoms with Gasteiger partial charge in [-0.05, 0) is 94.2 Å². The average Bonchev–Trinajstić information content (AvgIpc) is 3.20. The highest BCUT2D eigenvalue weighted by Crippen LogP contribution is 2.57. The number of anilines is 2. The molecule has 5 nitrogen and oxygen atoms in total. The molecule has 4 aliphatic carbocycles. The molecule has 0 radical (unpaired) electrons. The summed E-state index contributed by atoms with van der Waals surface area (Å²) in [4.78, 5) is 14.8. The number of ether oxygens (including phenoxy) is 1. The molecule has 2 N–H and O–H groups in total. The molecule has 4 bridgehead atoms. The van der Waals surface area contributed by atoms with Crippen molar-refractivity contribution in [3.05, 3.63) is 24.3 Å². The minimum absolute atomic E-state index is 0.0490. The highest BCUT2D eigenvalue weighted by atomic mass is 16.5. The van der Waals surface area contributed by atoms with Gasteiger partial charge in [0.05, 0.1) is 11.7 Å². The molecule has 1 aromatic carbocycles. The zero-order valence-electron chi connectivity index (χ0n) is 17.7. The highest BCUT2D eigenvalue weighted by Gasteiger charge is 2.52. The summed E-state index contributed by atoms with van der Waals surface area (Å²) in [6, 6.07) is 8.01. The van der Waals surface area contributed by atoms with Crippen LogP contribution in [0.4, 0.5) is 16.2 Å². The molecule has 5 heteroatoms. The Bertz CT molecular complexity index is 708. The summed E-state index contributed by atoms with van der Waals surface area (Å²) in [5.74, 6) is 2.65. The third-order valence-electron chi connectivity index (χ3n) is 7.56. The number of carbonyl (C=O) groups excluding carboxylic acids is 1. The standard InChI is InChI=1S/C24H35N3O2/c1-17(29-24-13-18-9-19(14-24)11-20(10-18)15-24)16-25-23(28)26-21-5-4-6-22(12-21)27-7-2-3-8-27/h4-6,12,17-20H,2-3,7-11,13-16H2,1H3,(H2,25,26,28). The van der Waals surface area contributed by atoms with Crippen molar-refractivity contribution in [2.24, 2.45) is 17.8 Å². The van der Waals surface area contributed by atoms with Gasteiger partial charge in [0.15, 0.2) is 0 Å². The Balaban J connectivity index is 1.11. The van der Waals surface area contributed by atoms with E-state index in [0.29, 0.717) is 6.54 Å². The molecule has 2 amide bonds. The van der Waals surface area contributed by atoms with Crippen LogP contribution < -0.4 is 15.5 Å². The fourth-order valence-electron chi connectivity index (χ4n) is 6.81. The smallest absolute Gasteiger partial charge is 0.319 e. The number of rotatable bonds is 6. The first-order valence-electron chi connectivity index (χ1n) is 11.6. The van der Waals surface area contributed by atoms with Crippen LogP contribution in [0.25, 0.3) is 0 Å². The van der Waals surface area contributed by atoms with Gasteiger partial charge in [-0.3, -0.25) is 0 Å². The van der Waals surface area contributed by atoms with E-state index in [0.717, 1.165) is 36.5 Å². The summed E-state index contributed by atoms with van der Waals surface area (Å²) in [6.07, 6.45) is 10.5. The Hall–Kier alpha value is -1.75. The van der Waals surface area contributed by atoms with Crippen molar-refractivity contribution in [2.75, 3.05) is 29.9 Å².